The molecule has 0 aromatic carbocycles. The van der Waals surface area contributed by atoms with Crippen LogP contribution in [-0.2, 0) is 4.79 Å². The Morgan fingerprint density at radius 2 is 2.25 bits per heavy atom. The lowest BCUT2D eigenvalue weighted by Crippen LogP contribution is -2.54. The molecule has 1 heterocycles. The summed E-state index contributed by atoms with van der Waals surface area (Å²) < 4.78 is 0. The Hall–Kier alpha value is -1.32. The third-order valence-electron chi connectivity index (χ3n) is 2.07. The Balaban J connectivity index is 3.01. The number of aliphatic imine (C=N–C) groups is 1. The third kappa shape index (κ3) is 1.20. The number of nitrogens with one attached hydrogen (secondary N) is 1. The van der Waals surface area contributed by atoms with Crippen LogP contribution in [0.3, 0.4) is 0 Å². The highest BCUT2D eigenvalue weighted by Gasteiger charge is 2.36. The van der Waals surface area contributed by atoms with Crippen molar-refractivity contribution in [2.75, 3.05) is 0 Å². The molecule has 0 bridgehead atoms. The zero-order chi connectivity index (χ0) is 9.35. The molecule has 2 N–H and O–H groups in total. The van der Waals surface area contributed by atoms with Gasteiger partial charge in [0, 0.05) is 6.20 Å². The zero-order valence-electron chi connectivity index (χ0n) is 7.38. The van der Waals surface area contributed by atoms with Crippen LogP contribution >= 0.6 is 0 Å². The van der Waals surface area contributed by atoms with Gasteiger partial charge in [0.25, 0.3) is 0 Å². The molecule has 1 aliphatic heterocycles. The van der Waals surface area contributed by atoms with E-state index in [1.807, 2.05) is 6.92 Å². The van der Waals surface area contributed by atoms with Crippen molar-refractivity contribution in [3.05, 3.63) is 11.9 Å². The second-order valence-corrected chi connectivity index (χ2v) is 3.06. The molecule has 4 nitrogen and oxygen atoms in total. The van der Waals surface area contributed by atoms with Gasteiger partial charge >= 0.3 is 5.97 Å². The van der Waals surface area contributed by atoms with Gasteiger partial charge in [0.1, 0.15) is 0 Å². The van der Waals surface area contributed by atoms with Crippen LogP contribution in [0.5, 0.6) is 0 Å². The van der Waals surface area contributed by atoms with Crippen LogP contribution < -0.4 is 5.32 Å². The van der Waals surface area contributed by atoms with Crippen LogP contribution in [0.2, 0.25) is 0 Å². The fraction of sp³-hybridized carbons (Fsp3) is 0.500. The highest BCUT2D eigenvalue weighted by atomic mass is 16.4. The Kier molecular flexibility index (Phi) is 1.92. The van der Waals surface area contributed by atoms with E-state index < -0.39 is 11.5 Å². The number of hydrogen-bond donors (Lipinski definition) is 2. The monoisotopic (exact) mass is 168 g/mol. The Bertz CT molecular complexity index is 281. The fourth-order valence-electron chi connectivity index (χ4n) is 0.978. The minimum atomic E-state index is -1.04. The first-order valence-corrected chi connectivity index (χ1v) is 3.70. The smallest absolute Gasteiger partial charge is 0.335 e. The molecule has 0 spiro atoms. The molecular weight excluding hydrogens is 156 g/mol. The molecule has 0 amide bonds. The summed E-state index contributed by atoms with van der Waals surface area (Å²) in [6.45, 7) is 5.12. The molecule has 0 aliphatic carbocycles. The largest absolute Gasteiger partial charge is 0.479 e. The average molecular weight is 168 g/mol. The zero-order valence-corrected chi connectivity index (χ0v) is 7.38. The predicted octanol–water partition coefficient (Wildman–Crippen LogP) is 0.755. The van der Waals surface area contributed by atoms with Crippen molar-refractivity contribution in [1.82, 2.24) is 5.32 Å². The average Bonchev–Trinajstić information content (AvgIpc) is 1.97. The van der Waals surface area contributed by atoms with Gasteiger partial charge in [-0.25, -0.2) is 4.79 Å². The van der Waals surface area contributed by atoms with Crippen molar-refractivity contribution in [3.63, 3.8) is 0 Å². The summed E-state index contributed by atoms with van der Waals surface area (Å²) in [6.07, 6.45) is 1.61. The number of hydrogen-bond acceptors (Lipinski definition) is 3. The summed E-state index contributed by atoms with van der Waals surface area (Å²) in [6, 6.07) is 0. The molecule has 1 rings (SSSR count). The molecule has 66 valence electrons. The van der Waals surface area contributed by atoms with Gasteiger partial charge in [-0.3, -0.25) is 4.99 Å². The summed E-state index contributed by atoms with van der Waals surface area (Å²) in [7, 11) is 0. The molecule has 1 atom stereocenters. The number of aliphatic carboxylic acids is 1. The quantitative estimate of drug-likeness (QED) is 0.607. The maximum atomic E-state index is 10.8. The fourth-order valence-corrected chi connectivity index (χ4v) is 0.978. The van der Waals surface area contributed by atoms with Crippen LogP contribution in [0.25, 0.3) is 0 Å². The molecule has 0 radical (unpaired) electrons. The third-order valence-corrected chi connectivity index (χ3v) is 2.07. The number of nitrogens with zero attached hydrogens (tertiary/aromatic N) is 1. The van der Waals surface area contributed by atoms with Crippen LogP contribution in [-0.4, -0.2) is 22.3 Å². The van der Waals surface area contributed by atoms with E-state index in [1.165, 1.54) is 0 Å². The molecule has 0 aromatic heterocycles. The molecular formula is C8H12N2O2. The van der Waals surface area contributed by atoms with Crippen molar-refractivity contribution >= 4 is 11.7 Å². The minimum absolute atomic E-state index is 0.579. The van der Waals surface area contributed by atoms with E-state index in [9.17, 15) is 4.79 Å². The van der Waals surface area contributed by atoms with Crippen molar-refractivity contribution in [2.45, 2.75) is 26.3 Å². The lowest BCUT2D eigenvalue weighted by Gasteiger charge is -2.28. The normalized spacial score (nSPS) is 28.6. The molecule has 0 aromatic rings. The lowest BCUT2D eigenvalue weighted by molar-refractivity contribution is -0.140. The first kappa shape index (κ1) is 8.77. The molecule has 0 fully saturated rings. The Morgan fingerprint density at radius 3 is 2.67 bits per heavy atom. The predicted molar refractivity (Wildman–Crippen MR) is 46.0 cm³/mol. The summed E-state index contributed by atoms with van der Waals surface area (Å²) >= 11 is 0. The minimum Gasteiger partial charge on any atom is -0.479 e. The second-order valence-electron chi connectivity index (χ2n) is 3.06. The SMILES string of the molecule is CC1=CNC(C)(C(=O)O)C(C)=N1. The van der Waals surface area contributed by atoms with Crippen LogP contribution in [0.15, 0.2) is 16.9 Å². The van der Waals surface area contributed by atoms with Crippen molar-refractivity contribution < 1.29 is 9.90 Å². The van der Waals surface area contributed by atoms with E-state index in [0.717, 1.165) is 5.70 Å². The summed E-state index contributed by atoms with van der Waals surface area (Å²) in [5.74, 6) is -0.910. The number of carboxylic acid groups (broad SMARTS) is 1. The summed E-state index contributed by atoms with van der Waals surface area (Å²) in [5.41, 5.74) is 0.334. The number of rotatable bonds is 1. The maximum Gasteiger partial charge on any atom is 0.335 e. The standard InChI is InChI=1S/C8H12N2O2/c1-5-4-9-8(3,7(11)12)6(2)10-5/h4,9H,1-3H3,(H,11,12). The van der Waals surface area contributed by atoms with Crippen LogP contribution in [0, 0.1) is 0 Å². The first-order chi connectivity index (χ1) is 5.47. The van der Waals surface area contributed by atoms with Gasteiger partial charge < -0.3 is 10.4 Å². The Morgan fingerprint density at radius 1 is 1.67 bits per heavy atom. The number of allylic oxidation sites excluding steroid dienone is 1. The van der Waals surface area contributed by atoms with E-state index in [4.69, 9.17) is 5.11 Å². The van der Waals surface area contributed by atoms with E-state index >= 15 is 0 Å². The molecule has 1 unspecified atom stereocenters. The van der Waals surface area contributed by atoms with Gasteiger partial charge in [-0.2, -0.15) is 0 Å². The van der Waals surface area contributed by atoms with E-state index in [0.29, 0.717) is 5.71 Å². The van der Waals surface area contributed by atoms with Gasteiger partial charge in [-0.15, -0.1) is 0 Å². The molecule has 0 saturated carbocycles. The number of carbonyl (C=O) groups is 1. The van der Waals surface area contributed by atoms with Gasteiger partial charge in [-0.1, -0.05) is 0 Å². The summed E-state index contributed by atoms with van der Waals surface area (Å²) in [4.78, 5) is 14.9. The van der Waals surface area contributed by atoms with Gasteiger partial charge in [0.15, 0.2) is 5.54 Å². The first-order valence-electron chi connectivity index (χ1n) is 3.70. The summed E-state index contributed by atoms with van der Waals surface area (Å²) in [5, 5.41) is 11.7. The van der Waals surface area contributed by atoms with Gasteiger partial charge in [0.2, 0.25) is 0 Å². The van der Waals surface area contributed by atoms with Crippen molar-refractivity contribution in [1.29, 1.82) is 0 Å². The maximum absolute atomic E-state index is 10.8. The molecule has 4 heteroatoms. The Labute approximate surface area is 71.0 Å². The van der Waals surface area contributed by atoms with Crippen molar-refractivity contribution in [3.8, 4) is 0 Å². The molecule has 12 heavy (non-hydrogen) atoms. The van der Waals surface area contributed by atoms with Crippen molar-refractivity contribution in [2.24, 2.45) is 4.99 Å². The highest BCUT2D eigenvalue weighted by Crippen LogP contribution is 2.14. The highest BCUT2D eigenvalue weighted by molar-refractivity contribution is 6.10. The van der Waals surface area contributed by atoms with Gasteiger partial charge in [0.05, 0.1) is 11.4 Å². The van der Waals surface area contributed by atoms with Crippen LogP contribution in [0.4, 0.5) is 0 Å². The van der Waals surface area contributed by atoms with E-state index in [-0.39, 0.29) is 0 Å². The second kappa shape index (κ2) is 2.62. The number of carboxylic acids is 1. The lowest BCUT2D eigenvalue weighted by atomic mass is 9.96. The van der Waals surface area contributed by atoms with Gasteiger partial charge in [-0.05, 0) is 20.8 Å². The van der Waals surface area contributed by atoms with E-state index in [2.05, 4.69) is 10.3 Å². The molecule has 1 aliphatic rings. The molecule has 0 saturated heterocycles. The van der Waals surface area contributed by atoms with Crippen LogP contribution in [0.1, 0.15) is 20.8 Å². The topological polar surface area (TPSA) is 61.7 Å². The van der Waals surface area contributed by atoms with E-state index in [1.54, 1.807) is 20.0 Å².